The molecule has 1 N–H and O–H groups in total. The van der Waals surface area contributed by atoms with Gasteiger partial charge in [0, 0.05) is 19.5 Å². The molecule has 0 aromatic rings. The number of carbonyl (C=O) groups is 2. The number of hydrogen-bond acceptors (Lipinski definition) is 3. The zero-order valence-corrected chi connectivity index (χ0v) is 14.4. The van der Waals surface area contributed by atoms with E-state index in [0.29, 0.717) is 12.8 Å². The lowest BCUT2D eigenvalue weighted by molar-refractivity contribution is -0.155. The molecule has 0 aliphatic heterocycles. The molecule has 122 valence electrons. The van der Waals surface area contributed by atoms with E-state index in [-0.39, 0.29) is 18.4 Å². The Labute approximate surface area is 132 Å². The van der Waals surface area contributed by atoms with Gasteiger partial charge < -0.3 is 10.0 Å². The Morgan fingerprint density at radius 2 is 1.81 bits per heavy atom. The van der Waals surface area contributed by atoms with Crippen LogP contribution in [0.2, 0.25) is 0 Å². The summed E-state index contributed by atoms with van der Waals surface area (Å²) < 4.78 is 0. The fourth-order valence-electron chi connectivity index (χ4n) is 3.01. The SMILES string of the molecule is CSCCC(C)N(C)C(=O)CC1(C(=O)O)CCCCCC1. The highest BCUT2D eigenvalue weighted by molar-refractivity contribution is 7.98. The monoisotopic (exact) mass is 315 g/mol. The van der Waals surface area contributed by atoms with Gasteiger partial charge in [0.15, 0.2) is 0 Å². The first-order valence-electron chi connectivity index (χ1n) is 7.91. The molecule has 1 fully saturated rings. The van der Waals surface area contributed by atoms with Crippen LogP contribution in [-0.4, -0.2) is 47.0 Å². The second kappa shape index (κ2) is 8.66. The van der Waals surface area contributed by atoms with Crippen molar-refractivity contribution in [3.05, 3.63) is 0 Å². The lowest BCUT2D eigenvalue weighted by Crippen LogP contribution is -2.41. The van der Waals surface area contributed by atoms with Gasteiger partial charge in [-0.2, -0.15) is 11.8 Å². The number of nitrogens with zero attached hydrogens (tertiary/aromatic N) is 1. The van der Waals surface area contributed by atoms with Gasteiger partial charge in [0.05, 0.1) is 5.41 Å². The van der Waals surface area contributed by atoms with Gasteiger partial charge in [0.2, 0.25) is 5.91 Å². The molecule has 21 heavy (non-hydrogen) atoms. The molecule has 0 spiro atoms. The number of carboxylic acids is 1. The van der Waals surface area contributed by atoms with Gasteiger partial charge in [-0.05, 0) is 38.2 Å². The number of thioether (sulfide) groups is 1. The lowest BCUT2D eigenvalue weighted by Gasteiger charge is -2.32. The van der Waals surface area contributed by atoms with E-state index in [2.05, 4.69) is 6.26 Å². The highest BCUT2D eigenvalue weighted by atomic mass is 32.2. The van der Waals surface area contributed by atoms with Gasteiger partial charge in [0.1, 0.15) is 0 Å². The van der Waals surface area contributed by atoms with Crippen molar-refractivity contribution < 1.29 is 14.7 Å². The third kappa shape index (κ3) is 5.20. The molecule has 5 heteroatoms. The van der Waals surface area contributed by atoms with Crippen LogP contribution < -0.4 is 0 Å². The highest BCUT2D eigenvalue weighted by Crippen LogP contribution is 2.39. The van der Waals surface area contributed by atoms with E-state index < -0.39 is 11.4 Å². The maximum absolute atomic E-state index is 12.5. The van der Waals surface area contributed by atoms with Gasteiger partial charge in [-0.15, -0.1) is 0 Å². The van der Waals surface area contributed by atoms with E-state index in [1.807, 2.05) is 6.92 Å². The van der Waals surface area contributed by atoms with Crippen molar-refractivity contribution >= 4 is 23.6 Å². The normalized spacial score (nSPS) is 19.6. The second-order valence-electron chi connectivity index (χ2n) is 6.31. The predicted molar refractivity (Wildman–Crippen MR) is 87.6 cm³/mol. The van der Waals surface area contributed by atoms with Crippen molar-refractivity contribution in [3.8, 4) is 0 Å². The summed E-state index contributed by atoms with van der Waals surface area (Å²) in [5.41, 5.74) is -0.832. The molecule has 1 rings (SSSR count). The number of amides is 1. The standard InChI is InChI=1S/C16H29NO3S/c1-13(8-11-21-3)17(2)14(18)12-16(15(19)20)9-6-4-5-7-10-16/h13H,4-12H2,1-3H3,(H,19,20). The molecule has 4 nitrogen and oxygen atoms in total. The van der Waals surface area contributed by atoms with Crippen molar-refractivity contribution in [3.63, 3.8) is 0 Å². The number of aliphatic carboxylic acids is 1. The summed E-state index contributed by atoms with van der Waals surface area (Å²) in [6.07, 6.45) is 8.45. The molecule has 0 saturated heterocycles. The Kier molecular flexibility index (Phi) is 7.57. The summed E-state index contributed by atoms with van der Waals surface area (Å²) >= 11 is 1.77. The largest absolute Gasteiger partial charge is 0.481 e. The van der Waals surface area contributed by atoms with Crippen molar-refractivity contribution in [2.45, 2.75) is 64.3 Å². The molecule has 1 atom stereocenters. The average molecular weight is 315 g/mol. The van der Waals surface area contributed by atoms with E-state index in [0.717, 1.165) is 37.9 Å². The summed E-state index contributed by atoms with van der Waals surface area (Å²) in [6, 6.07) is 0.168. The van der Waals surface area contributed by atoms with Crippen LogP contribution in [0.1, 0.15) is 58.3 Å². The van der Waals surface area contributed by atoms with E-state index in [9.17, 15) is 14.7 Å². The number of carboxylic acid groups (broad SMARTS) is 1. The molecule has 1 aliphatic carbocycles. The Morgan fingerprint density at radius 3 is 2.29 bits per heavy atom. The summed E-state index contributed by atoms with van der Waals surface area (Å²) in [5.74, 6) is 0.207. The number of carbonyl (C=O) groups excluding carboxylic acids is 1. The van der Waals surface area contributed by atoms with Gasteiger partial charge in [-0.25, -0.2) is 0 Å². The molecule has 0 bridgehead atoms. The first-order chi connectivity index (χ1) is 9.93. The van der Waals surface area contributed by atoms with Crippen LogP contribution in [0.25, 0.3) is 0 Å². The van der Waals surface area contributed by atoms with Crippen molar-refractivity contribution in [1.29, 1.82) is 0 Å². The molecule has 1 aliphatic rings. The van der Waals surface area contributed by atoms with Crippen LogP contribution in [0.15, 0.2) is 0 Å². The molecule has 1 saturated carbocycles. The van der Waals surface area contributed by atoms with Crippen LogP contribution in [0.3, 0.4) is 0 Å². The zero-order valence-electron chi connectivity index (χ0n) is 13.6. The van der Waals surface area contributed by atoms with Crippen LogP contribution in [0, 0.1) is 5.41 Å². The fourth-order valence-corrected chi connectivity index (χ4v) is 3.59. The van der Waals surface area contributed by atoms with Crippen LogP contribution in [0.4, 0.5) is 0 Å². The van der Waals surface area contributed by atoms with Crippen molar-refractivity contribution in [1.82, 2.24) is 4.90 Å². The maximum Gasteiger partial charge on any atom is 0.310 e. The van der Waals surface area contributed by atoms with E-state index in [4.69, 9.17) is 0 Å². The minimum Gasteiger partial charge on any atom is -0.481 e. The lowest BCUT2D eigenvalue weighted by atomic mass is 9.77. The minimum absolute atomic E-state index is 0.0205. The van der Waals surface area contributed by atoms with Crippen LogP contribution in [0.5, 0.6) is 0 Å². The van der Waals surface area contributed by atoms with E-state index in [1.165, 1.54) is 0 Å². The Balaban J connectivity index is 2.69. The van der Waals surface area contributed by atoms with E-state index in [1.54, 1.807) is 23.7 Å². The molecule has 0 aromatic carbocycles. The smallest absolute Gasteiger partial charge is 0.310 e. The van der Waals surface area contributed by atoms with Gasteiger partial charge in [-0.3, -0.25) is 9.59 Å². The Bertz CT molecular complexity index is 351. The predicted octanol–water partition coefficient (Wildman–Crippen LogP) is 3.40. The zero-order chi connectivity index (χ0) is 15.9. The molecule has 0 heterocycles. The number of rotatable bonds is 7. The maximum atomic E-state index is 12.5. The molecule has 1 unspecified atom stereocenters. The molecular weight excluding hydrogens is 286 g/mol. The van der Waals surface area contributed by atoms with Crippen molar-refractivity contribution in [2.75, 3.05) is 19.1 Å². The highest BCUT2D eigenvalue weighted by Gasteiger charge is 2.41. The Morgan fingerprint density at radius 1 is 1.24 bits per heavy atom. The minimum atomic E-state index is -0.832. The first kappa shape index (κ1) is 18.3. The van der Waals surface area contributed by atoms with Gasteiger partial charge >= 0.3 is 5.97 Å². The first-order valence-corrected chi connectivity index (χ1v) is 9.30. The van der Waals surface area contributed by atoms with Crippen LogP contribution >= 0.6 is 11.8 Å². The summed E-state index contributed by atoms with van der Waals surface area (Å²) in [4.78, 5) is 26.0. The summed E-state index contributed by atoms with van der Waals surface area (Å²) in [7, 11) is 1.81. The number of hydrogen-bond donors (Lipinski definition) is 1. The van der Waals surface area contributed by atoms with Gasteiger partial charge in [0.25, 0.3) is 0 Å². The topological polar surface area (TPSA) is 57.6 Å². The van der Waals surface area contributed by atoms with Crippen molar-refractivity contribution in [2.24, 2.45) is 5.41 Å². The summed E-state index contributed by atoms with van der Waals surface area (Å²) in [6.45, 7) is 2.04. The molecule has 0 radical (unpaired) electrons. The summed E-state index contributed by atoms with van der Waals surface area (Å²) in [5, 5.41) is 9.65. The Hall–Kier alpha value is -0.710. The molecule has 0 aromatic heterocycles. The van der Waals surface area contributed by atoms with E-state index >= 15 is 0 Å². The third-order valence-electron chi connectivity index (χ3n) is 4.80. The quantitative estimate of drug-likeness (QED) is 0.732. The van der Waals surface area contributed by atoms with Gasteiger partial charge in [-0.1, -0.05) is 25.7 Å². The molecule has 1 amide bonds. The van der Waals surface area contributed by atoms with Crippen LogP contribution in [-0.2, 0) is 9.59 Å². The third-order valence-corrected chi connectivity index (χ3v) is 5.44. The fraction of sp³-hybridized carbons (Fsp3) is 0.875. The second-order valence-corrected chi connectivity index (χ2v) is 7.30. The average Bonchev–Trinajstić information content (AvgIpc) is 2.70. The molecular formula is C16H29NO3S.